The number of carbonyl (C=O) groups is 1. The lowest BCUT2D eigenvalue weighted by atomic mass is 10.1. The Morgan fingerprint density at radius 2 is 2.25 bits per heavy atom. The zero-order valence-corrected chi connectivity index (χ0v) is 11.1. The first-order valence-corrected chi connectivity index (χ1v) is 6.19. The van der Waals surface area contributed by atoms with Crippen LogP contribution in [0.4, 0.5) is 4.39 Å². The summed E-state index contributed by atoms with van der Waals surface area (Å²) in [6.45, 7) is 0. The van der Waals surface area contributed by atoms with E-state index in [-0.39, 0.29) is 17.0 Å². The minimum atomic E-state index is -0.510. The number of hydrazone groups is 1. The van der Waals surface area contributed by atoms with E-state index in [1.807, 2.05) is 0 Å². The summed E-state index contributed by atoms with van der Waals surface area (Å²) in [5.74, 6) is -0.957. The molecular formula is C14H11ClFN3O. The second-order valence-corrected chi connectivity index (χ2v) is 4.36. The fraction of sp³-hybridized carbons (Fsp3) is 0.0714. The van der Waals surface area contributed by atoms with E-state index in [0.717, 1.165) is 5.56 Å². The van der Waals surface area contributed by atoms with Crippen LogP contribution in [0.2, 0.25) is 5.02 Å². The summed E-state index contributed by atoms with van der Waals surface area (Å²) in [5, 5.41) is 3.99. The van der Waals surface area contributed by atoms with Crippen molar-refractivity contribution >= 4 is 23.7 Å². The number of amides is 1. The van der Waals surface area contributed by atoms with Crippen molar-refractivity contribution in [3.63, 3.8) is 0 Å². The lowest BCUT2D eigenvalue weighted by molar-refractivity contribution is -0.120. The van der Waals surface area contributed by atoms with E-state index in [0.29, 0.717) is 0 Å². The number of nitrogens with zero attached hydrogens (tertiary/aromatic N) is 2. The van der Waals surface area contributed by atoms with Gasteiger partial charge in [-0.15, -0.1) is 0 Å². The molecule has 0 radical (unpaired) electrons. The third-order valence-corrected chi connectivity index (χ3v) is 2.84. The summed E-state index contributed by atoms with van der Waals surface area (Å²) in [6, 6.07) is 7.82. The molecule has 2 rings (SSSR count). The Labute approximate surface area is 120 Å². The Hall–Kier alpha value is -2.27. The zero-order valence-electron chi connectivity index (χ0n) is 10.4. The van der Waals surface area contributed by atoms with Crippen molar-refractivity contribution in [3.05, 3.63) is 64.7 Å². The predicted molar refractivity (Wildman–Crippen MR) is 75.1 cm³/mol. The summed E-state index contributed by atoms with van der Waals surface area (Å²) < 4.78 is 13.5. The first-order chi connectivity index (χ1) is 9.66. The number of benzene rings is 1. The molecule has 0 saturated heterocycles. The lowest BCUT2D eigenvalue weighted by Crippen LogP contribution is -2.20. The molecule has 0 atom stereocenters. The van der Waals surface area contributed by atoms with E-state index in [4.69, 9.17) is 11.6 Å². The largest absolute Gasteiger partial charge is 0.273 e. The number of pyridine rings is 1. The molecule has 0 aliphatic carbocycles. The van der Waals surface area contributed by atoms with Gasteiger partial charge in [0.25, 0.3) is 0 Å². The molecule has 1 N–H and O–H groups in total. The summed E-state index contributed by atoms with van der Waals surface area (Å²) in [7, 11) is 0. The molecule has 0 bridgehead atoms. The Morgan fingerprint density at radius 1 is 1.40 bits per heavy atom. The highest BCUT2D eigenvalue weighted by Crippen LogP contribution is 2.19. The van der Waals surface area contributed by atoms with Crippen molar-refractivity contribution in [3.8, 4) is 0 Å². The minimum Gasteiger partial charge on any atom is -0.273 e. The van der Waals surface area contributed by atoms with Gasteiger partial charge in [-0.2, -0.15) is 5.10 Å². The third-order valence-electron chi connectivity index (χ3n) is 2.49. The molecule has 0 spiro atoms. The van der Waals surface area contributed by atoms with Crippen LogP contribution in [0.25, 0.3) is 0 Å². The van der Waals surface area contributed by atoms with Crippen molar-refractivity contribution in [2.45, 2.75) is 6.42 Å². The second-order valence-electron chi connectivity index (χ2n) is 3.96. The summed E-state index contributed by atoms with van der Waals surface area (Å²) in [4.78, 5) is 15.5. The molecule has 20 heavy (non-hydrogen) atoms. The van der Waals surface area contributed by atoms with Gasteiger partial charge in [-0.05, 0) is 18.2 Å². The van der Waals surface area contributed by atoms with E-state index in [1.54, 1.807) is 24.5 Å². The van der Waals surface area contributed by atoms with Crippen LogP contribution >= 0.6 is 11.6 Å². The third kappa shape index (κ3) is 3.86. The quantitative estimate of drug-likeness (QED) is 0.695. The Morgan fingerprint density at radius 3 is 2.95 bits per heavy atom. The maximum Gasteiger partial charge on any atom is 0.244 e. The average molecular weight is 292 g/mol. The first kappa shape index (κ1) is 14.1. The Kier molecular flexibility index (Phi) is 4.79. The smallest absolute Gasteiger partial charge is 0.244 e. The number of rotatable bonds is 4. The maximum absolute atomic E-state index is 13.5. The molecule has 6 heteroatoms. The molecule has 0 aliphatic rings. The topological polar surface area (TPSA) is 54.4 Å². The molecule has 0 unspecified atom stereocenters. The molecule has 0 aliphatic heterocycles. The van der Waals surface area contributed by atoms with Gasteiger partial charge in [-0.25, -0.2) is 9.82 Å². The number of halogens is 2. The van der Waals surface area contributed by atoms with Gasteiger partial charge in [0.1, 0.15) is 5.82 Å². The van der Waals surface area contributed by atoms with E-state index in [2.05, 4.69) is 15.5 Å². The molecule has 1 amide bonds. The first-order valence-electron chi connectivity index (χ1n) is 5.81. The molecule has 102 valence electrons. The van der Waals surface area contributed by atoms with E-state index < -0.39 is 11.7 Å². The average Bonchev–Trinajstić information content (AvgIpc) is 2.44. The van der Waals surface area contributed by atoms with Crippen molar-refractivity contribution in [2.24, 2.45) is 5.10 Å². The number of nitrogens with one attached hydrogen (secondary N) is 1. The van der Waals surface area contributed by atoms with Crippen LogP contribution in [0.1, 0.15) is 11.1 Å². The van der Waals surface area contributed by atoms with Gasteiger partial charge in [0.2, 0.25) is 5.91 Å². The van der Waals surface area contributed by atoms with Crippen molar-refractivity contribution in [1.82, 2.24) is 10.4 Å². The Bertz CT molecular complexity index is 611. The van der Waals surface area contributed by atoms with Gasteiger partial charge in [-0.1, -0.05) is 23.7 Å². The fourth-order valence-corrected chi connectivity index (χ4v) is 1.76. The number of hydrogen-bond acceptors (Lipinski definition) is 3. The predicted octanol–water partition coefficient (Wildman–Crippen LogP) is 2.57. The van der Waals surface area contributed by atoms with E-state index in [9.17, 15) is 9.18 Å². The van der Waals surface area contributed by atoms with Crippen molar-refractivity contribution < 1.29 is 9.18 Å². The fourth-order valence-electron chi connectivity index (χ4n) is 1.53. The van der Waals surface area contributed by atoms with Gasteiger partial charge in [0.15, 0.2) is 0 Å². The highest BCUT2D eigenvalue weighted by Gasteiger charge is 2.11. The van der Waals surface area contributed by atoms with Gasteiger partial charge in [-0.3, -0.25) is 9.78 Å². The molecule has 2 aromatic rings. The molecule has 1 heterocycles. The zero-order chi connectivity index (χ0) is 14.4. The molecule has 1 aromatic carbocycles. The van der Waals surface area contributed by atoms with Gasteiger partial charge >= 0.3 is 0 Å². The molecule has 4 nitrogen and oxygen atoms in total. The van der Waals surface area contributed by atoms with Crippen LogP contribution in [-0.4, -0.2) is 17.1 Å². The van der Waals surface area contributed by atoms with Crippen LogP contribution in [0, 0.1) is 5.82 Å². The van der Waals surface area contributed by atoms with Crippen molar-refractivity contribution in [1.29, 1.82) is 0 Å². The standard InChI is InChI=1S/C14H11ClFN3O/c15-12-4-1-5-13(16)11(12)7-14(20)19-18-9-10-3-2-6-17-8-10/h1-6,8-9H,7H2,(H,19,20)/b18-9+. The number of carbonyl (C=O) groups excluding carboxylic acids is 1. The number of hydrogen-bond donors (Lipinski definition) is 1. The van der Waals surface area contributed by atoms with E-state index in [1.165, 1.54) is 24.4 Å². The van der Waals surface area contributed by atoms with Crippen LogP contribution in [0.5, 0.6) is 0 Å². The second kappa shape index (κ2) is 6.77. The normalized spacial score (nSPS) is 10.7. The molecule has 0 fully saturated rings. The monoisotopic (exact) mass is 291 g/mol. The van der Waals surface area contributed by atoms with Gasteiger partial charge in [0.05, 0.1) is 12.6 Å². The SMILES string of the molecule is O=C(Cc1c(F)cccc1Cl)N/N=C/c1cccnc1. The van der Waals surface area contributed by atoms with Crippen molar-refractivity contribution in [2.75, 3.05) is 0 Å². The highest BCUT2D eigenvalue weighted by atomic mass is 35.5. The summed E-state index contributed by atoms with van der Waals surface area (Å²) in [6.07, 6.45) is 4.52. The van der Waals surface area contributed by atoms with Gasteiger partial charge < -0.3 is 0 Å². The summed E-state index contributed by atoms with van der Waals surface area (Å²) >= 11 is 5.84. The van der Waals surface area contributed by atoms with Crippen LogP contribution in [0.15, 0.2) is 47.8 Å². The summed E-state index contributed by atoms with van der Waals surface area (Å²) in [5.41, 5.74) is 3.21. The molecular weight excluding hydrogens is 281 g/mol. The Balaban J connectivity index is 1.95. The maximum atomic E-state index is 13.5. The molecule has 0 saturated carbocycles. The van der Waals surface area contributed by atoms with Crippen LogP contribution < -0.4 is 5.43 Å². The van der Waals surface area contributed by atoms with Crippen LogP contribution in [0.3, 0.4) is 0 Å². The number of aromatic nitrogens is 1. The lowest BCUT2D eigenvalue weighted by Gasteiger charge is -2.04. The van der Waals surface area contributed by atoms with E-state index >= 15 is 0 Å². The highest BCUT2D eigenvalue weighted by molar-refractivity contribution is 6.31. The minimum absolute atomic E-state index is 0.156. The van der Waals surface area contributed by atoms with Gasteiger partial charge in [0, 0.05) is 28.5 Å². The van der Waals surface area contributed by atoms with Crippen LogP contribution in [-0.2, 0) is 11.2 Å². The molecule has 1 aromatic heterocycles.